The third-order valence-corrected chi connectivity index (χ3v) is 5.95. The number of hydrogen-bond donors (Lipinski definition) is 0. The van der Waals surface area contributed by atoms with Crippen LogP contribution in [-0.4, -0.2) is 57.6 Å². The third-order valence-electron chi connectivity index (χ3n) is 5.95. The van der Waals surface area contributed by atoms with Crippen LogP contribution in [0.25, 0.3) is 5.69 Å². The Balaban J connectivity index is 1.58. The standard InChI is InChI=1S/C25H25F3N4O2/c1-17-7-5-9-19(15-17)23(33)30-11-6-12-31(14-13-30)24(34)20-16-29-32(22(20)25(26,27)28)21-10-4-3-8-18(21)2/h3-5,7-10,15-16H,6,11-14H2,1-2H3. The molecule has 3 aromatic rings. The molecule has 0 saturated carbocycles. The second-order valence-electron chi connectivity index (χ2n) is 8.41. The van der Waals surface area contributed by atoms with Crippen molar-refractivity contribution in [3.8, 4) is 5.69 Å². The maximum Gasteiger partial charge on any atom is 0.434 e. The number of carbonyl (C=O) groups is 2. The van der Waals surface area contributed by atoms with Crippen molar-refractivity contribution >= 4 is 11.8 Å². The van der Waals surface area contributed by atoms with Crippen LogP contribution in [0, 0.1) is 13.8 Å². The van der Waals surface area contributed by atoms with Crippen LogP contribution in [0.4, 0.5) is 13.2 Å². The molecule has 2 amide bonds. The highest BCUT2D eigenvalue weighted by Gasteiger charge is 2.41. The maximum atomic E-state index is 14.1. The highest BCUT2D eigenvalue weighted by Crippen LogP contribution is 2.35. The lowest BCUT2D eigenvalue weighted by Gasteiger charge is -2.23. The monoisotopic (exact) mass is 470 g/mol. The molecule has 4 rings (SSSR count). The van der Waals surface area contributed by atoms with E-state index < -0.39 is 23.3 Å². The zero-order valence-electron chi connectivity index (χ0n) is 19.0. The molecule has 0 N–H and O–H groups in total. The average Bonchev–Trinajstić information content (AvgIpc) is 3.10. The summed E-state index contributed by atoms with van der Waals surface area (Å²) in [7, 11) is 0. The predicted molar refractivity (Wildman–Crippen MR) is 121 cm³/mol. The number of carbonyl (C=O) groups excluding carboxylic acids is 2. The minimum absolute atomic E-state index is 0.142. The lowest BCUT2D eigenvalue weighted by atomic mass is 10.1. The first kappa shape index (κ1) is 23.5. The Labute approximate surface area is 195 Å². The summed E-state index contributed by atoms with van der Waals surface area (Å²) in [4.78, 5) is 29.1. The van der Waals surface area contributed by atoms with Gasteiger partial charge < -0.3 is 9.80 Å². The zero-order chi connectivity index (χ0) is 24.5. The van der Waals surface area contributed by atoms with Crippen molar-refractivity contribution < 1.29 is 22.8 Å². The van der Waals surface area contributed by atoms with Crippen LogP contribution in [0.3, 0.4) is 0 Å². The number of aryl methyl sites for hydroxylation is 2. The van der Waals surface area contributed by atoms with Gasteiger partial charge in [0.2, 0.25) is 0 Å². The van der Waals surface area contributed by atoms with Crippen LogP contribution in [0.1, 0.15) is 44.0 Å². The van der Waals surface area contributed by atoms with E-state index >= 15 is 0 Å². The van der Waals surface area contributed by atoms with E-state index in [0.717, 1.165) is 16.4 Å². The van der Waals surface area contributed by atoms with E-state index in [9.17, 15) is 22.8 Å². The van der Waals surface area contributed by atoms with Crippen LogP contribution in [0.15, 0.2) is 54.7 Å². The molecule has 0 spiro atoms. The van der Waals surface area contributed by atoms with E-state index in [4.69, 9.17) is 0 Å². The lowest BCUT2D eigenvalue weighted by molar-refractivity contribution is -0.143. The summed E-state index contributed by atoms with van der Waals surface area (Å²) < 4.78 is 43.0. The summed E-state index contributed by atoms with van der Waals surface area (Å²) in [6, 6.07) is 13.8. The molecule has 1 fully saturated rings. The number of halogens is 3. The molecule has 0 radical (unpaired) electrons. The van der Waals surface area contributed by atoms with Crippen molar-refractivity contribution in [1.29, 1.82) is 0 Å². The van der Waals surface area contributed by atoms with Crippen molar-refractivity contribution in [1.82, 2.24) is 19.6 Å². The molecule has 1 aliphatic heterocycles. The Hall–Kier alpha value is -3.62. The molecule has 0 unspecified atom stereocenters. The van der Waals surface area contributed by atoms with E-state index in [1.54, 1.807) is 48.2 Å². The summed E-state index contributed by atoms with van der Waals surface area (Å²) in [6.45, 7) is 4.64. The van der Waals surface area contributed by atoms with E-state index in [2.05, 4.69) is 5.10 Å². The molecule has 1 aromatic heterocycles. The van der Waals surface area contributed by atoms with Gasteiger partial charge in [0.1, 0.15) is 0 Å². The van der Waals surface area contributed by atoms with Gasteiger partial charge in [-0.25, -0.2) is 4.68 Å². The largest absolute Gasteiger partial charge is 0.434 e. The number of para-hydroxylation sites is 1. The van der Waals surface area contributed by atoms with Gasteiger partial charge in [-0.15, -0.1) is 0 Å². The molecule has 178 valence electrons. The van der Waals surface area contributed by atoms with E-state index in [1.807, 2.05) is 13.0 Å². The highest BCUT2D eigenvalue weighted by molar-refractivity contribution is 5.96. The summed E-state index contributed by atoms with van der Waals surface area (Å²) in [6.07, 6.45) is -3.32. The molecule has 0 aliphatic carbocycles. The van der Waals surface area contributed by atoms with Crippen molar-refractivity contribution in [3.63, 3.8) is 0 Å². The van der Waals surface area contributed by atoms with Gasteiger partial charge in [-0.2, -0.15) is 18.3 Å². The molecule has 34 heavy (non-hydrogen) atoms. The van der Waals surface area contributed by atoms with Crippen LogP contribution in [0.2, 0.25) is 0 Å². The minimum atomic E-state index is -4.78. The van der Waals surface area contributed by atoms with Gasteiger partial charge in [0.05, 0.1) is 17.4 Å². The number of aromatic nitrogens is 2. The van der Waals surface area contributed by atoms with Crippen molar-refractivity contribution in [2.24, 2.45) is 0 Å². The number of alkyl halides is 3. The number of hydrogen-bond acceptors (Lipinski definition) is 3. The normalized spacial score (nSPS) is 14.7. The fourth-order valence-corrected chi connectivity index (χ4v) is 4.22. The first-order chi connectivity index (χ1) is 16.2. The molecule has 0 atom stereocenters. The van der Waals surface area contributed by atoms with Crippen molar-refractivity contribution in [2.75, 3.05) is 26.2 Å². The first-order valence-corrected chi connectivity index (χ1v) is 11.0. The Morgan fingerprint density at radius 3 is 2.21 bits per heavy atom. The molecule has 2 heterocycles. The van der Waals surface area contributed by atoms with Crippen molar-refractivity contribution in [3.05, 3.63) is 82.7 Å². The molecular weight excluding hydrogens is 445 g/mol. The number of benzene rings is 2. The molecule has 1 aliphatic rings. The minimum Gasteiger partial charge on any atom is -0.337 e. The van der Waals surface area contributed by atoms with Gasteiger partial charge in [-0.3, -0.25) is 9.59 Å². The second-order valence-corrected chi connectivity index (χ2v) is 8.41. The van der Waals surface area contributed by atoms with Gasteiger partial charge in [-0.05, 0) is 44.0 Å². The van der Waals surface area contributed by atoms with Crippen LogP contribution in [-0.2, 0) is 6.18 Å². The quantitative estimate of drug-likeness (QED) is 0.567. The molecule has 0 bridgehead atoms. The number of nitrogens with zero attached hydrogens (tertiary/aromatic N) is 4. The van der Waals surface area contributed by atoms with Gasteiger partial charge in [0.25, 0.3) is 11.8 Å². The predicted octanol–water partition coefficient (Wildman–Crippen LogP) is 4.50. The van der Waals surface area contributed by atoms with Crippen molar-refractivity contribution in [2.45, 2.75) is 26.4 Å². The van der Waals surface area contributed by atoms with E-state index in [0.29, 0.717) is 24.1 Å². The van der Waals surface area contributed by atoms with Crippen LogP contribution < -0.4 is 0 Å². The lowest BCUT2D eigenvalue weighted by Crippen LogP contribution is -2.38. The summed E-state index contributed by atoms with van der Waals surface area (Å²) in [5, 5.41) is 3.93. The topological polar surface area (TPSA) is 58.4 Å². The molecule has 6 nitrogen and oxygen atoms in total. The van der Waals surface area contributed by atoms with Gasteiger partial charge >= 0.3 is 6.18 Å². The highest BCUT2D eigenvalue weighted by atomic mass is 19.4. The fraction of sp³-hybridized carbons (Fsp3) is 0.320. The molecular formula is C25H25F3N4O2. The maximum absolute atomic E-state index is 14.1. The summed E-state index contributed by atoms with van der Waals surface area (Å²) >= 11 is 0. The molecule has 1 saturated heterocycles. The van der Waals surface area contributed by atoms with Crippen LogP contribution >= 0.6 is 0 Å². The van der Waals surface area contributed by atoms with Gasteiger partial charge in [-0.1, -0.05) is 35.9 Å². The third kappa shape index (κ3) is 4.69. The van der Waals surface area contributed by atoms with Gasteiger partial charge in [0.15, 0.2) is 5.69 Å². The average molecular weight is 470 g/mol. The zero-order valence-corrected chi connectivity index (χ0v) is 19.0. The Morgan fingerprint density at radius 2 is 1.56 bits per heavy atom. The van der Waals surface area contributed by atoms with E-state index in [-0.39, 0.29) is 31.2 Å². The Bertz CT molecular complexity index is 1220. The first-order valence-electron chi connectivity index (χ1n) is 11.0. The second kappa shape index (κ2) is 9.32. The summed E-state index contributed by atoms with van der Waals surface area (Å²) in [5.74, 6) is -0.890. The number of rotatable bonds is 3. The SMILES string of the molecule is Cc1cccc(C(=O)N2CCCN(C(=O)c3cnn(-c4ccccc4C)c3C(F)(F)F)CC2)c1. The Morgan fingerprint density at radius 1 is 0.882 bits per heavy atom. The molecule has 2 aromatic carbocycles. The van der Waals surface area contributed by atoms with Crippen LogP contribution in [0.5, 0.6) is 0 Å². The smallest absolute Gasteiger partial charge is 0.337 e. The molecule has 9 heteroatoms. The van der Waals surface area contributed by atoms with E-state index in [1.165, 1.54) is 11.0 Å². The van der Waals surface area contributed by atoms with Gasteiger partial charge in [0, 0.05) is 31.7 Å². The number of amides is 2. The summed E-state index contributed by atoms with van der Waals surface area (Å²) in [5.41, 5.74) is 0.800. The Kier molecular flexibility index (Phi) is 6.45. The fourth-order valence-electron chi connectivity index (χ4n) is 4.22.